The van der Waals surface area contributed by atoms with Crippen molar-refractivity contribution in [2.45, 2.75) is 24.3 Å². The Morgan fingerprint density at radius 3 is 1.77 bits per heavy atom. The van der Waals surface area contributed by atoms with Crippen LogP contribution in [0.25, 0.3) is 0 Å². The van der Waals surface area contributed by atoms with Gasteiger partial charge in [0.25, 0.3) is 0 Å². The Bertz CT molecular complexity index is 123. The van der Waals surface area contributed by atoms with Crippen molar-refractivity contribution in [2.75, 3.05) is 13.2 Å². The molecule has 1 heterocycles. The molecular weight excluding hydrogens is 219 g/mol. The van der Waals surface area contributed by atoms with E-state index < -0.39 is 18.2 Å². The molecule has 1 rings (SSSR count). The molecule has 6 N–H and O–H groups in total. The Morgan fingerprint density at radius 2 is 1.54 bits per heavy atom. The monoisotopic (exact) mass is 234 g/mol. The highest BCUT2D eigenvalue weighted by Gasteiger charge is 2.39. The van der Waals surface area contributed by atoms with Gasteiger partial charge < -0.3 is 26.4 Å². The molecule has 0 aromatic rings. The van der Waals surface area contributed by atoms with E-state index >= 15 is 0 Å². The van der Waals surface area contributed by atoms with E-state index in [1.54, 1.807) is 0 Å². The molecule has 5 nitrogen and oxygen atoms in total. The Morgan fingerprint density at radius 1 is 1.08 bits per heavy atom. The molecule has 7 heteroatoms. The van der Waals surface area contributed by atoms with Gasteiger partial charge in [-0.15, -0.1) is 24.8 Å². The van der Waals surface area contributed by atoms with Gasteiger partial charge in [-0.3, -0.25) is 0 Å². The third-order valence-electron chi connectivity index (χ3n) is 2.05. The van der Waals surface area contributed by atoms with Crippen LogP contribution in [-0.2, 0) is 0 Å². The molecule has 1 saturated heterocycles. The van der Waals surface area contributed by atoms with Crippen LogP contribution in [-0.4, -0.2) is 52.8 Å². The number of aliphatic hydroxyl groups excluding tert-OH is 3. The Balaban J connectivity index is 0. The van der Waals surface area contributed by atoms with Gasteiger partial charge in [-0.1, -0.05) is 0 Å². The summed E-state index contributed by atoms with van der Waals surface area (Å²) in [7, 11) is 0. The fourth-order valence-electron chi connectivity index (χ4n) is 1.32. The van der Waals surface area contributed by atoms with Crippen LogP contribution in [0, 0.1) is 0 Å². The molecule has 0 saturated carbocycles. The second-order valence-corrected chi connectivity index (χ2v) is 2.78. The lowest BCUT2D eigenvalue weighted by atomic mass is 10.1. The second-order valence-electron chi connectivity index (χ2n) is 2.78. The molecule has 13 heavy (non-hydrogen) atoms. The largest absolute Gasteiger partial charge is 0.395 e. The van der Waals surface area contributed by atoms with Crippen molar-refractivity contribution in [1.29, 1.82) is 0 Å². The van der Waals surface area contributed by atoms with Gasteiger partial charge in [0, 0.05) is 12.6 Å². The molecule has 0 aromatic carbocycles. The number of nitrogens with two attached hydrogens (primary N) is 1. The van der Waals surface area contributed by atoms with Gasteiger partial charge >= 0.3 is 0 Å². The first kappa shape index (κ1) is 15.8. The summed E-state index contributed by atoms with van der Waals surface area (Å²) in [6.07, 6.45) is -1.77. The minimum atomic E-state index is -0.909. The van der Waals surface area contributed by atoms with E-state index in [2.05, 4.69) is 5.32 Å². The molecule has 1 aliphatic rings. The van der Waals surface area contributed by atoms with E-state index in [9.17, 15) is 10.2 Å². The molecule has 0 aliphatic carbocycles. The number of rotatable bonds is 2. The molecular formula is C6H16Cl2N2O3. The summed E-state index contributed by atoms with van der Waals surface area (Å²) >= 11 is 0. The Labute approximate surface area is 89.1 Å². The van der Waals surface area contributed by atoms with E-state index in [4.69, 9.17) is 10.8 Å². The average Bonchev–Trinajstić information content (AvgIpc) is 2.30. The molecule has 0 amide bonds. The first-order valence-corrected chi connectivity index (χ1v) is 3.63. The van der Waals surface area contributed by atoms with E-state index in [1.807, 2.05) is 0 Å². The molecule has 4 atom stereocenters. The van der Waals surface area contributed by atoms with Crippen molar-refractivity contribution in [2.24, 2.45) is 5.73 Å². The summed E-state index contributed by atoms with van der Waals surface area (Å²) in [5.41, 5.74) is 5.29. The maximum absolute atomic E-state index is 9.26. The van der Waals surface area contributed by atoms with Gasteiger partial charge in [0.2, 0.25) is 0 Å². The van der Waals surface area contributed by atoms with Crippen LogP contribution >= 0.6 is 24.8 Å². The Kier molecular flexibility index (Phi) is 8.26. The van der Waals surface area contributed by atoms with E-state index in [1.165, 1.54) is 0 Å². The van der Waals surface area contributed by atoms with Crippen LogP contribution in [0.1, 0.15) is 0 Å². The first-order valence-electron chi connectivity index (χ1n) is 3.63. The molecule has 1 aliphatic heterocycles. The zero-order valence-electron chi connectivity index (χ0n) is 6.96. The van der Waals surface area contributed by atoms with Gasteiger partial charge in [0.15, 0.2) is 0 Å². The summed E-state index contributed by atoms with van der Waals surface area (Å²) in [6.45, 7) is 0.0729. The maximum Gasteiger partial charge on any atom is 0.0989 e. The topological polar surface area (TPSA) is 98.7 Å². The minimum Gasteiger partial charge on any atom is -0.395 e. The molecule has 0 bridgehead atoms. The molecule has 1 fully saturated rings. The summed E-state index contributed by atoms with van der Waals surface area (Å²) < 4.78 is 0. The standard InChI is InChI=1S/C6H14N2O3.2ClH/c7-1-3-5(10)6(11)4(2-9)8-3;;/h3-6,8-11H,1-2,7H2;2*1H/t3-,4+,5+,6-;;/m1../s1. The van der Waals surface area contributed by atoms with E-state index in [0.717, 1.165) is 0 Å². The second kappa shape index (κ2) is 6.78. The normalized spacial score (nSPS) is 37.8. The SMILES string of the molecule is Cl.Cl.NC[C@H]1N[C@@H](CO)[C@@H](O)[C@H]1O. The third-order valence-corrected chi connectivity index (χ3v) is 2.05. The van der Waals surface area contributed by atoms with E-state index in [0.29, 0.717) is 0 Å². The summed E-state index contributed by atoms with van der Waals surface area (Å²) in [4.78, 5) is 0. The van der Waals surface area contributed by atoms with Crippen molar-refractivity contribution in [3.63, 3.8) is 0 Å². The number of nitrogens with one attached hydrogen (secondary N) is 1. The smallest absolute Gasteiger partial charge is 0.0989 e. The predicted octanol–water partition coefficient (Wildman–Crippen LogP) is -2.16. The maximum atomic E-state index is 9.26. The van der Waals surface area contributed by atoms with E-state index in [-0.39, 0.29) is 44.0 Å². The molecule has 0 radical (unpaired) electrons. The average molecular weight is 235 g/mol. The highest BCUT2D eigenvalue weighted by Crippen LogP contribution is 2.12. The number of halogens is 2. The van der Waals surface area contributed by atoms with Crippen molar-refractivity contribution in [3.8, 4) is 0 Å². The lowest BCUT2D eigenvalue weighted by molar-refractivity contribution is 0.0205. The summed E-state index contributed by atoms with van der Waals surface area (Å²) in [6, 6.07) is -0.749. The van der Waals surface area contributed by atoms with Crippen LogP contribution in [0.2, 0.25) is 0 Å². The highest BCUT2D eigenvalue weighted by molar-refractivity contribution is 5.85. The van der Waals surface area contributed by atoms with Crippen LogP contribution in [0.15, 0.2) is 0 Å². The van der Waals surface area contributed by atoms with Gasteiger partial charge in [-0.2, -0.15) is 0 Å². The molecule has 0 aromatic heterocycles. The van der Waals surface area contributed by atoms with Crippen molar-refractivity contribution >= 4 is 24.8 Å². The van der Waals surface area contributed by atoms with Crippen LogP contribution < -0.4 is 11.1 Å². The number of hydrogen-bond donors (Lipinski definition) is 5. The van der Waals surface area contributed by atoms with Crippen molar-refractivity contribution in [3.05, 3.63) is 0 Å². The van der Waals surface area contributed by atoms with Gasteiger partial charge in [-0.05, 0) is 0 Å². The van der Waals surface area contributed by atoms with Gasteiger partial charge in [-0.25, -0.2) is 0 Å². The first-order chi connectivity index (χ1) is 5.20. The van der Waals surface area contributed by atoms with Crippen molar-refractivity contribution in [1.82, 2.24) is 5.32 Å². The summed E-state index contributed by atoms with van der Waals surface area (Å²) in [5.74, 6) is 0. The lowest BCUT2D eigenvalue weighted by Crippen LogP contribution is -2.40. The van der Waals surface area contributed by atoms with Crippen LogP contribution in [0.4, 0.5) is 0 Å². The Hall–Kier alpha value is 0.380. The zero-order valence-corrected chi connectivity index (χ0v) is 8.59. The van der Waals surface area contributed by atoms with Crippen LogP contribution in [0.3, 0.4) is 0 Å². The third kappa shape index (κ3) is 3.21. The highest BCUT2D eigenvalue weighted by atomic mass is 35.5. The fraction of sp³-hybridized carbons (Fsp3) is 1.00. The molecule has 0 unspecified atom stereocenters. The molecule has 82 valence electrons. The number of hydrogen-bond acceptors (Lipinski definition) is 5. The van der Waals surface area contributed by atoms with Crippen LogP contribution in [0.5, 0.6) is 0 Å². The van der Waals surface area contributed by atoms with Gasteiger partial charge in [0.1, 0.15) is 0 Å². The number of aliphatic hydroxyl groups is 3. The predicted molar refractivity (Wildman–Crippen MR) is 53.4 cm³/mol. The quantitative estimate of drug-likeness (QED) is 0.375. The van der Waals surface area contributed by atoms with Gasteiger partial charge in [0.05, 0.1) is 24.9 Å². The molecule has 0 spiro atoms. The fourth-order valence-corrected chi connectivity index (χ4v) is 1.32. The van der Waals surface area contributed by atoms with Crippen molar-refractivity contribution < 1.29 is 15.3 Å². The lowest BCUT2D eigenvalue weighted by Gasteiger charge is -2.12. The summed E-state index contributed by atoms with van der Waals surface area (Å²) in [5, 5.41) is 30.0. The zero-order chi connectivity index (χ0) is 8.43. The minimum absolute atomic E-state index is 0.